The lowest BCUT2D eigenvalue weighted by Crippen LogP contribution is -2.11. The number of cyclic esters (lactones) is 2. The molecule has 2 atom stereocenters. The van der Waals surface area contributed by atoms with Crippen molar-refractivity contribution in [2.45, 2.75) is 64.1 Å². The maximum atomic E-state index is 13.0. The van der Waals surface area contributed by atoms with Crippen molar-refractivity contribution in [3.8, 4) is 0 Å². The molecule has 9 aromatic carbocycles. The largest absolute Gasteiger partial charge is 0.478 e. The number of pyridine rings is 3. The van der Waals surface area contributed by atoms with Crippen LogP contribution in [0.3, 0.4) is 0 Å². The van der Waals surface area contributed by atoms with E-state index in [0.717, 1.165) is 52.3 Å². The van der Waals surface area contributed by atoms with Gasteiger partial charge in [0.25, 0.3) is 0 Å². The molecular formula is C90H69Cl2F6N7O12. The zero-order chi connectivity index (χ0) is 83.5. The van der Waals surface area contributed by atoms with Gasteiger partial charge in [-0.25, -0.2) is 34.1 Å². The van der Waals surface area contributed by atoms with Gasteiger partial charge in [0.2, 0.25) is 0 Å². The van der Waals surface area contributed by atoms with Gasteiger partial charge in [-0.2, -0.15) is 26.3 Å². The standard InChI is InChI=1S/C23H18ClNO3.C23H20ClNO3.C23H17F3N2O3.C21H14F3N3O3/c1-14-18(24)10-6-12-19(14)25-20-11-5-4-9-17(20)21(26)13-22-15-7-2-3-8-16(15)23(27)28-22;1-15-19(24)10-6-12-20(15)25-21-11-5-4-9-18(21)22(26)14-13-16-7-2-3-8-17(16)23(27)28;1-31-22(30)18-9-3-2-6-15(18)11-12-20(29)19-10-5-13-27-21(19)28-17-8-4-7-16(14-17)23(24,25)26;22-21(23,24)12-4-1-5-13(10-12)27-19-14(6-2-9-26-19)16(28)11-17-15-7-3-8-25-18(15)20(29)30-17/h2-12,22,25H,13H2,1H3;2-12,25H,13-14H2,1H3,(H,27,28);2-14H,1H3,(H,27,28);1-10,17H,11H2,(H,26,27)/b;;12-11+;. The average Bonchev–Trinajstić information content (AvgIpc) is 1.66. The van der Waals surface area contributed by atoms with E-state index in [1.165, 1.54) is 74.3 Å². The molecule has 2 aliphatic rings. The van der Waals surface area contributed by atoms with E-state index in [1.54, 1.807) is 97.1 Å². The Kier molecular flexibility index (Phi) is 27.5. The summed E-state index contributed by atoms with van der Waals surface area (Å²) >= 11 is 12.4. The van der Waals surface area contributed by atoms with E-state index in [4.69, 9.17) is 37.4 Å². The predicted octanol–water partition coefficient (Wildman–Crippen LogP) is 22.0. The summed E-state index contributed by atoms with van der Waals surface area (Å²) in [5.74, 6) is -3.27. The number of benzene rings is 9. The van der Waals surface area contributed by atoms with Gasteiger partial charge in [-0.15, -0.1) is 0 Å². The highest BCUT2D eigenvalue weighted by atomic mass is 35.5. The molecule has 0 fully saturated rings. The molecule has 0 spiro atoms. The fraction of sp³-hybridized carbons (Fsp3) is 0.122. The smallest absolute Gasteiger partial charge is 0.416 e. The molecule has 117 heavy (non-hydrogen) atoms. The summed E-state index contributed by atoms with van der Waals surface area (Å²) in [7, 11) is 1.26. The minimum Gasteiger partial charge on any atom is -0.478 e. The molecule has 592 valence electrons. The highest BCUT2D eigenvalue weighted by molar-refractivity contribution is 6.32. The summed E-state index contributed by atoms with van der Waals surface area (Å²) in [6.45, 7) is 3.84. The van der Waals surface area contributed by atoms with Crippen molar-refractivity contribution in [1.82, 2.24) is 15.0 Å². The summed E-state index contributed by atoms with van der Waals surface area (Å²) < 4.78 is 93.1. The lowest BCUT2D eigenvalue weighted by atomic mass is 9.97. The van der Waals surface area contributed by atoms with Crippen LogP contribution < -0.4 is 21.3 Å². The number of carbonyl (C=O) groups is 8. The summed E-state index contributed by atoms with van der Waals surface area (Å²) in [5, 5.41) is 22.7. The number of methoxy groups -OCH3 is 1. The first kappa shape index (κ1) is 84.0. The Morgan fingerprint density at radius 2 is 0.915 bits per heavy atom. The van der Waals surface area contributed by atoms with Crippen LogP contribution in [0.4, 0.5) is 72.1 Å². The van der Waals surface area contributed by atoms with E-state index in [-0.39, 0.29) is 88.0 Å². The van der Waals surface area contributed by atoms with Crippen LogP contribution in [0.15, 0.2) is 267 Å². The SMILES string of the molecule is COC(=O)c1ccccc1/C=C/C(=O)c1cccnc1Nc1cccc(C(F)(F)F)c1.Cc1c(Cl)cccc1Nc1ccccc1C(=O)CC1OC(=O)c2ccccc21.Cc1c(Cl)cccc1Nc1ccccc1C(=O)CCc1ccccc1C(=O)O.O=C(CC1OC(=O)c2ncccc21)c1cccnc1Nc1cccc(C(F)(F)F)c1. The first-order valence-corrected chi connectivity index (χ1v) is 36.7. The Bertz CT molecular complexity index is 5780. The number of hydrogen-bond acceptors (Lipinski definition) is 18. The number of ether oxygens (including phenoxy) is 3. The first-order chi connectivity index (χ1) is 56.1. The summed E-state index contributed by atoms with van der Waals surface area (Å²) in [5.41, 5.74) is 8.60. The maximum absolute atomic E-state index is 13.0. The fourth-order valence-corrected chi connectivity index (χ4v) is 12.7. The Balaban J connectivity index is 0.000000153. The second kappa shape index (κ2) is 38.3. The normalized spacial score (nSPS) is 13.1. The third-order valence-corrected chi connectivity index (χ3v) is 19.2. The molecular weight excluding hydrogens is 1560 g/mol. The van der Waals surface area contributed by atoms with Gasteiger partial charge in [-0.3, -0.25) is 19.2 Å². The number of carbonyl (C=O) groups excluding carboxylic acids is 7. The number of nitrogens with one attached hydrogen (secondary N) is 4. The number of alkyl halides is 6. The molecule has 5 heterocycles. The number of esters is 3. The molecule has 0 bridgehead atoms. The van der Waals surface area contributed by atoms with Crippen molar-refractivity contribution in [2.24, 2.45) is 0 Å². The average molecular weight is 1630 g/mol. The van der Waals surface area contributed by atoms with Gasteiger partial charge in [0.05, 0.1) is 58.9 Å². The topological polar surface area (TPSA) is 271 Å². The Morgan fingerprint density at radius 1 is 0.470 bits per heavy atom. The Morgan fingerprint density at radius 3 is 1.50 bits per heavy atom. The molecule has 5 N–H and O–H groups in total. The number of anilines is 8. The number of carboxylic acids is 1. The summed E-state index contributed by atoms with van der Waals surface area (Å²) in [6, 6.07) is 64.9. The molecule has 3 aromatic heterocycles. The van der Waals surface area contributed by atoms with Crippen LogP contribution in [0, 0.1) is 13.8 Å². The van der Waals surface area contributed by atoms with E-state index in [1.807, 2.05) is 98.8 Å². The Hall–Kier alpha value is -13.9. The minimum absolute atomic E-state index is 0.0528. The maximum Gasteiger partial charge on any atom is 0.416 e. The van der Waals surface area contributed by atoms with Gasteiger partial charge in [0, 0.05) is 91.4 Å². The molecule has 14 rings (SSSR count). The van der Waals surface area contributed by atoms with E-state index >= 15 is 0 Å². The van der Waals surface area contributed by atoms with Gasteiger partial charge in [0.1, 0.15) is 23.8 Å². The molecule has 0 amide bonds. The second-order valence-corrected chi connectivity index (χ2v) is 26.9. The molecule has 2 unspecified atom stereocenters. The van der Waals surface area contributed by atoms with E-state index in [2.05, 4.69) is 36.2 Å². The molecule has 0 saturated carbocycles. The molecule has 2 aliphatic heterocycles. The number of hydrogen-bond donors (Lipinski definition) is 5. The number of halogens is 8. The fourth-order valence-electron chi connectivity index (χ4n) is 12.4. The zero-order valence-electron chi connectivity index (χ0n) is 62.3. The van der Waals surface area contributed by atoms with Crippen molar-refractivity contribution in [2.75, 3.05) is 28.4 Å². The lowest BCUT2D eigenvalue weighted by molar-refractivity contribution is -0.138. The van der Waals surface area contributed by atoms with Gasteiger partial charge in [-0.05, 0) is 182 Å². The number of Topliss-reactive ketones (excluding diaryl/α,β-unsaturated/α-hetero) is 3. The number of fused-ring (bicyclic) bond motifs is 2. The van der Waals surface area contributed by atoms with E-state index < -0.39 is 59.4 Å². The van der Waals surface area contributed by atoms with Crippen molar-refractivity contribution in [3.05, 3.63) is 367 Å². The summed E-state index contributed by atoms with van der Waals surface area (Å²) in [4.78, 5) is 111. The lowest BCUT2D eigenvalue weighted by Gasteiger charge is -2.15. The van der Waals surface area contributed by atoms with Gasteiger partial charge >= 0.3 is 36.2 Å². The number of aromatic nitrogens is 3. The predicted molar refractivity (Wildman–Crippen MR) is 432 cm³/mol. The molecule has 12 aromatic rings. The van der Waals surface area contributed by atoms with E-state index in [9.17, 15) is 69.8 Å². The van der Waals surface area contributed by atoms with Crippen molar-refractivity contribution in [3.63, 3.8) is 0 Å². The number of rotatable bonds is 23. The number of aryl methyl sites for hydroxylation is 1. The number of nitrogens with zero attached hydrogens (tertiary/aromatic N) is 3. The zero-order valence-corrected chi connectivity index (χ0v) is 63.8. The van der Waals surface area contributed by atoms with Crippen molar-refractivity contribution < 1.29 is 84.0 Å². The van der Waals surface area contributed by atoms with Gasteiger partial charge < -0.3 is 40.6 Å². The van der Waals surface area contributed by atoms with E-state index in [0.29, 0.717) is 66.8 Å². The molecule has 19 nitrogen and oxygen atoms in total. The molecule has 0 radical (unpaired) electrons. The second-order valence-electron chi connectivity index (χ2n) is 26.1. The van der Waals surface area contributed by atoms with Crippen molar-refractivity contribution in [1.29, 1.82) is 0 Å². The number of allylic oxidation sites excluding steroid dienone is 1. The minimum atomic E-state index is -4.49. The van der Waals surface area contributed by atoms with Crippen LogP contribution >= 0.6 is 23.2 Å². The van der Waals surface area contributed by atoms with Crippen LogP contribution in [0.5, 0.6) is 0 Å². The number of carboxylic acid groups (broad SMARTS) is 1. The van der Waals surface area contributed by atoms with Crippen LogP contribution in [-0.2, 0) is 33.0 Å². The highest BCUT2D eigenvalue weighted by Crippen LogP contribution is 2.39. The highest BCUT2D eigenvalue weighted by Gasteiger charge is 2.36. The number of para-hydroxylation sites is 2. The third-order valence-electron chi connectivity index (χ3n) is 18.4. The third kappa shape index (κ3) is 21.5. The first-order valence-electron chi connectivity index (χ1n) is 35.9. The quantitative estimate of drug-likeness (QED) is 0.0131. The van der Waals surface area contributed by atoms with Crippen molar-refractivity contribution >= 4 is 122 Å². The van der Waals surface area contributed by atoms with Crippen LogP contribution in [0.25, 0.3) is 6.08 Å². The number of ketones is 4. The summed E-state index contributed by atoms with van der Waals surface area (Å²) in [6.07, 6.45) is -2.76. The monoisotopic (exact) mass is 1620 g/mol. The van der Waals surface area contributed by atoms with Crippen LogP contribution in [0.2, 0.25) is 10.0 Å². The van der Waals surface area contributed by atoms with Crippen LogP contribution in [-0.4, -0.2) is 74.2 Å². The van der Waals surface area contributed by atoms with Crippen LogP contribution in [0.1, 0.15) is 159 Å². The van der Waals surface area contributed by atoms with Gasteiger partial charge in [0.15, 0.2) is 28.8 Å². The Labute approximate surface area is 676 Å². The van der Waals surface area contributed by atoms with Gasteiger partial charge in [-0.1, -0.05) is 138 Å². The molecule has 27 heteroatoms. The number of aromatic carboxylic acids is 1. The molecule has 0 saturated heterocycles. The molecule has 0 aliphatic carbocycles.